The van der Waals surface area contributed by atoms with Crippen molar-refractivity contribution in [3.05, 3.63) is 33.7 Å². The summed E-state index contributed by atoms with van der Waals surface area (Å²) in [7, 11) is 0. The van der Waals surface area contributed by atoms with Crippen molar-refractivity contribution in [3.63, 3.8) is 0 Å². The molecule has 1 aliphatic rings. The Morgan fingerprint density at radius 3 is 3.00 bits per heavy atom. The van der Waals surface area contributed by atoms with E-state index in [2.05, 4.69) is 10.3 Å². The lowest BCUT2D eigenvalue weighted by molar-refractivity contribution is -0.0689. The zero-order valence-electron chi connectivity index (χ0n) is 11.2. The monoisotopic (exact) mass is 293 g/mol. The molecule has 2 N–H and O–H groups in total. The molecule has 7 heteroatoms. The molecule has 2 unspecified atom stereocenters. The fourth-order valence-electron chi connectivity index (χ4n) is 2.36. The van der Waals surface area contributed by atoms with Crippen molar-refractivity contribution < 1.29 is 9.90 Å². The summed E-state index contributed by atoms with van der Waals surface area (Å²) in [4.78, 5) is 29.0. The van der Waals surface area contributed by atoms with E-state index >= 15 is 0 Å². The standard InChI is InChI=1S/C13H15N3O3S/c1-13(2)8(5-9(13)17)15-10(18)7-6-14-12-16(11(7)19)3-4-20-12/h3-4,6,8-9,17H,5H2,1-2H3,(H,15,18). The van der Waals surface area contributed by atoms with Crippen molar-refractivity contribution >= 4 is 22.2 Å². The number of nitrogens with one attached hydrogen (secondary N) is 1. The molecule has 6 nitrogen and oxygen atoms in total. The van der Waals surface area contributed by atoms with Gasteiger partial charge in [-0.25, -0.2) is 4.98 Å². The molecule has 0 saturated heterocycles. The lowest BCUT2D eigenvalue weighted by Gasteiger charge is -2.49. The highest BCUT2D eigenvalue weighted by atomic mass is 32.1. The van der Waals surface area contributed by atoms with Crippen LogP contribution in [0.3, 0.4) is 0 Å². The second-order valence-corrected chi connectivity index (χ2v) is 6.50. The number of nitrogens with zero attached hydrogens (tertiary/aromatic N) is 2. The van der Waals surface area contributed by atoms with E-state index in [9.17, 15) is 14.7 Å². The lowest BCUT2D eigenvalue weighted by atomic mass is 9.64. The number of fused-ring (bicyclic) bond motifs is 1. The molecule has 1 aliphatic carbocycles. The zero-order chi connectivity index (χ0) is 14.5. The van der Waals surface area contributed by atoms with Gasteiger partial charge in [0.15, 0.2) is 4.96 Å². The molecule has 2 atom stereocenters. The third-order valence-corrected chi connectivity index (χ3v) is 4.88. The minimum Gasteiger partial charge on any atom is -0.392 e. The maximum absolute atomic E-state index is 12.2. The summed E-state index contributed by atoms with van der Waals surface area (Å²) in [6, 6.07) is -0.132. The molecule has 0 radical (unpaired) electrons. The predicted molar refractivity (Wildman–Crippen MR) is 75.0 cm³/mol. The molecule has 2 heterocycles. The second kappa shape index (κ2) is 4.39. The number of thiazole rings is 1. The Balaban J connectivity index is 1.87. The molecule has 20 heavy (non-hydrogen) atoms. The number of aliphatic hydroxyl groups is 1. The number of aliphatic hydroxyl groups excluding tert-OH is 1. The number of hydrogen-bond donors (Lipinski definition) is 2. The Kier molecular flexibility index (Phi) is 2.91. The average molecular weight is 293 g/mol. The van der Waals surface area contributed by atoms with Gasteiger partial charge in [-0.05, 0) is 6.42 Å². The fraction of sp³-hybridized carbons (Fsp3) is 0.462. The van der Waals surface area contributed by atoms with E-state index in [0.29, 0.717) is 11.4 Å². The summed E-state index contributed by atoms with van der Waals surface area (Å²) in [5, 5.41) is 14.2. The number of amides is 1. The largest absolute Gasteiger partial charge is 0.392 e. The van der Waals surface area contributed by atoms with Crippen LogP contribution in [-0.2, 0) is 0 Å². The minimum atomic E-state index is -0.437. The van der Waals surface area contributed by atoms with Gasteiger partial charge in [0, 0.05) is 29.2 Å². The number of carbonyl (C=O) groups is 1. The number of rotatable bonds is 2. The van der Waals surface area contributed by atoms with Gasteiger partial charge in [-0.2, -0.15) is 0 Å². The van der Waals surface area contributed by atoms with Crippen LogP contribution in [0, 0.1) is 5.41 Å². The Hall–Kier alpha value is -1.73. The average Bonchev–Trinajstić information content (AvgIpc) is 2.88. The van der Waals surface area contributed by atoms with Crippen molar-refractivity contribution in [2.24, 2.45) is 5.41 Å². The first-order chi connectivity index (χ1) is 9.41. The molecule has 0 spiro atoms. The topological polar surface area (TPSA) is 83.7 Å². The van der Waals surface area contributed by atoms with Crippen LogP contribution < -0.4 is 10.9 Å². The second-order valence-electron chi connectivity index (χ2n) is 5.63. The van der Waals surface area contributed by atoms with Gasteiger partial charge in [0.25, 0.3) is 11.5 Å². The summed E-state index contributed by atoms with van der Waals surface area (Å²) in [6.07, 6.45) is 2.99. The van der Waals surface area contributed by atoms with Crippen molar-refractivity contribution in [1.29, 1.82) is 0 Å². The van der Waals surface area contributed by atoms with Crippen LogP contribution in [0.5, 0.6) is 0 Å². The highest BCUT2D eigenvalue weighted by molar-refractivity contribution is 7.15. The van der Waals surface area contributed by atoms with Gasteiger partial charge >= 0.3 is 0 Å². The maximum atomic E-state index is 12.2. The molecule has 2 aromatic heterocycles. The van der Waals surface area contributed by atoms with Crippen LogP contribution in [0.25, 0.3) is 4.96 Å². The van der Waals surface area contributed by atoms with Gasteiger partial charge in [0.05, 0.1) is 6.10 Å². The Morgan fingerprint density at radius 2 is 2.35 bits per heavy atom. The van der Waals surface area contributed by atoms with Crippen LogP contribution >= 0.6 is 11.3 Å². The van der Waals surface area contributed by atoms with Crippen molar-refractivity contribution in [2.75, 3.05) is 0 Å². The smallest absolute Gasteiger partial charge is 0.271 e. The molecule has 1 saturated carbocycles. The quantitative estimate of drug-likeness (QED) is 0.851. The molecule has 0 aromatic carbocycles. The van der Waals surface area contributed by atoms with Gasteiger partial charge in [-0.15, -0.1) is 11.3 Å². The van der Waals surface area contributed by atoms with Gasteiger partial charge in [-0.1, -0.05) is 13.8 Å². The van der Waals surface area contributed by atoms with Crippen LogP contribution in [0.1, 0.15) is 30.6 Å². The van der Waals surface area contributed by atoms with Crippen LogP contribution in [0.2, 0.25) is 0 Å². The van der Waals surface area contributed by atoms with E-state index in [1.165, 1.54) is 21.9 Å². The van der Waals surface area contributed by atoms with Crippen molar-refractivity contribution in [2.45, 2.75) is 32.4 Å². The van der Waals surface area contributed by atoms with Crippen molar-refractivity contribution in [3.8, 4) is 0 Å². The van der Waals surface area contributed by atoms with Crippen molar-refractivity contribution in [1.82, 2.24) is 14.7 Å². The fourth-order valence-corrected chi connectivity index (χ4v) is 3.04. The molecule has 2 aromatic rings. The highest BCUT2D eigenvalue weighted by Crippen LogP contribution is 2.40. The lowest BCUT2D eigenvalue weighted by Crippen LogP contribution is -2.61. The van der Waals surface area contributed by atoms with E-state index in [-0.39, 0.29) is 22.6 Å². The minimum absolute atomic E-state index is 0.0260. The molecular formula is C13H15N3O3S. The summed E-state index contributed by atoms with van der Waals surface area (Å²) < 4.78 is 1.36. The van der Waals surface area contributed by atoms with Crippen LogP contribution in [0.15, 0.2) is 22.6 Å². The van der Waals surface area contributed by atoms with Crippen LogP contribution in [-0.4, -0.2) is 32.5 Å². The van der Waals surface area contributed by atoms with Gasteiger partial charge in [-0.3, -0.25) is 14.0 Å². The maximum Gasteiger partial charge on any atom is 0.271 e. The molecule has 0 aliphatic heterocycles. The number of aromatic nitrogens is 2. The molecular weight excluding hydrogens is 278 g/mol. The molecule has 106 valence electrons. The van der Waals surface area contributed by atoms with Gasteiger partial charge in [0.1, 0.15) is 5.56 Å². The first-order valence-electron chi connectivity index (χ1n) is 6.35. The van der Waals surface area contributed by atoms with E-state index in [1.54, 1.807) is 11.6 Å². The van der Waals surface area contributed by atoms with E-state index in [1.807, 2.05) is 13.8 Å². The van der Waals surface area contributed by atoms with E-state index in [4.69, 9.17) is 0 Å². The third kappa shape index (κ3) is 1.85. The Bertz CT molecular complexity index is 734. The molecule has 1 amide bonds. The molecule has 0 bridgehead atoms. The first-order valence-corrected chi connectivity index (χ1v) is 7.23. The normalized spacial score (nSPS) is 24.4. The Morgan fingerprint density at radius 1 is 1.60 bits per heavy atom. The highest BCUT2D eigenvalue weighted by Gasteiger charge is 2.48. The molecule has 3 rings (SSSR count). The first kappa shape index (κ1) is 13.3. The number of hydrogen-bond acceptors (Lipinski definition) is 5. The van der Waals surface area contributed by atoms with Gasteiger partial charge < -0.3 is 10.4 Å². The number of carbonyl (C=O) groups excluding carboxylic acids is 1. The Labute approximate surface area is 119 Å². The van der Waals surface area contributed by atoms with Crippen LogP contribution in [0.4, 0.5) is 0 Å². The SMILES string of the molecule is CC1(C)C(O)CC1NC(=O)c1cnc2sccn2c1=O. The van der Waals surface area contributed by atoms with Gasteiger partial charge in [0.2, 0.25) is 0 Å². The van der Waals surface area contributed by atoms with E-state index in [0.717, 1.165) is 0 Å². The summed E-state index contributed by atoms with van der Waals surface area (Å²) in [5.41, 5.74) is -0.712. The zero-order valence-corrected chi connectivity index (χ0v) is 12.0. The molecule has 1 fully saturated rings. The third-order valence-electron chi connectivity index (χ3n) is 4.11. The summed E-state index contributed by atoms with van der Waals surface area (Å²) in [6.45, 7) is 3.78. The predicted octanol–water partition coefficient (Wildman–Crippen LogP) is 0.645. The summed E-state index contributed by atoms with van der Waals surface area (Å²) >= 11 is 1.34. The van der Waals surface area contributed by atoms with E-state index < -0.39 is 12.0 Å². The summed E-state index contributed by atoms with van der Waals surface area (Å²) in [5.74, 6) is -0.437.